The second kappa shape index (κ2) is 4.82. The summed E-state index contributed by atoms with van der Waals surface area (Å²) in [5.41, 5.74) is 6.02. The first-order valence-corrected chi connectivity index (χ1v) is 4.49. The highest BCUT2D eigenvalue weighted by Crippen LogP contribution is 2.13. The first kappa shape index (κ1) is 9.99. The third-order valence-electron chi connectivity index (χ3n) is 2.01. The van der Waals surface area contributed by atoms with Gasteiger partial charge in [0.15, 0.2) is 0 Å². The molecule has 0 bridgehead atoms. The van der Waals surface area contributed by atoms with E-state index in [0.29, 0.717) is 12.2 Å². The van der Waals surface area contributed by atoms with E-state index in [1.165, 1.54) is 6.07 Å². The number of anilines is 1. The fourth-order valence-corrected chi connectivity index (χ4v) is 1.13. The molecule has 1 aromatic carbocycles. The highest BCUT2D eigenvalue weighted by atomic mass is 19.1. The topological polar surface area (TPSA) is 38.0 Å². The van der Waals surface area contributed by atoms with E-state index < -0.39 is 0 Å². The highest BCUT2D eigenvalue weighted by molar-refractivity contribution is 5.45. The lowest BCUT2D eigenvalue weighted by molar-refractivity contribution is 0.621. The van der Waals surface area contributed by atoms with Crippen LogP contribution in [0.5, 0.6) is 0 Å². The fraction of sp³-hybridized carbons (Fsp3) is 0.400. The molecule has 0 spiro atoms. The highest BCUT2D eigenvalue weighted by Gasteiger charge is 2.05. The Balaban J connectivity index is 2.67. The predicted octanol–water partition coefficient (Wildman–Crippen LogP) is 1.97. The van der Waals surface area contributed by atoms with Gasteiger partial charge >= 0.3 is 0 Å². The molecule has 2 nitrogen and oxygen atoms in total. The van der Waals surface area contributed by atoms with Crippen LogP contribution in [0.4, 0.5) is 10.1 Å². The summed E-state index contributed by atoms with van der Waals surface area (Å²) >= 11 is 0. The number of rotatable bonds is 4. The summed E-state index contributed by atoms with van der Waals surface area (Å²) in [6, 6.07) is 6.77. The molecule has 1 unspecified atom stereocenters. The zero-order valence-corrected chi connectivity index (χ0v) is 7.76. The van der Waals surface area contributed by atoms with Gasteiger partial charge < -0.3 is 11.1 Å². The van der Waals surface area contributed by atoms with Gasteiger partial charge in [0.25, 0.3) is 0 Å². The van der Waals surface area contributed by atoms with Gasteiger partial charge in [0, 0.05) is 12.6 Å². The van der Waals surface area contributed by atoms with Crippen LogP contribution in [0.3, 0.4) is 0 Å². The maximum atomic E-state index is 13.1. The van der Waals surface area contributed by atoms with Gasteiger partial charge in [-0.2, -0.15) is 0 Å². The van der Waals surface area contributed by atoms with Gasteiger partial charge in [-0.25, -0.2) is 4.39 Å². The van der Waals surface area contributed by atoms with Gasteiger partial charge in [-0.15, -0.1) is 0 Å². The Labute approximate surface area is 77.9 Å². The van der Waals surface area contributed by atoms with Crippen molar-refractivity contribution in [2.75, 3.05) is 11.9 Å². The van der Waals surface area contributed by atoms with E-state index in [-0.39, 0.29) is 11.9 Å². The van der Waals surface area contributed by atoms with Crippen molar-refractivity contribution in [3.8, 4) is 0 Å². The molecule has 3 N–H and O–H groups in total. The molecule has 1 aromatic rings. The van der Waals surface area contributed by atoms with Crippen LogP contribution < -0.4 is 11.1 Å². The molecule has 0 fully saturated rings. The van der Waals surface area contributed by atoms with Gasteiger partial charge in [-0.05, 0) is 18.6 Å². The van der Waals surface area contributed by atoms with Crippen molar-refractivity contribution in [2.45, 2.75) is 19.4 Å². The van der Waals surface area contributed by atoms with Crippen molar-refractivity contribution in [3.05, 3.63) is 30.1 Å². The summed E-state index contributed by atoms with van der Waals surface area (Å²) in [6.07, 6.45) is 0.894. The zero-order chi connectivity index (χ0) is 9.68. The lowest BCUT2D eigenvalue weighted by atomic mass is 10.2. The molecule has 0 aliphatic heterocycles. The number of benzene rings is 1. The van der Waals surface area contributed by atoms with Crippen LogP contribution in [0.25, 0.3) is 0 Å². The monoisotopic (exact) mass is 182 g/mol. The number of para-hydroxylation sites is 1. The molecular formula is C10H15FN2. The molecule has 0 radical (unpaired) electrons. The van der Waals surface area contributed by atoms with Crippen molar-refractivity contribution >= 4 is 5.69 Å². The zero-order valence-electron chi connectivity index (χ0n) is 7.76. The van der Waals surface area contributed by atoms with Gasteiger partial charge in [0.1, 0.15) is 5.82 Å². The predicted molar refractivity (Wildman–Crippen MR) is 53.2 cm³/mol. The Kier molecular flexibility index (Phi) is 3.71. The minimum Gasteiger partial charge on any atom is -0.379 e. The van der Waals surface area contributed by atoms with E-state index in [2.05, 4.69) is 5.32 Å². The Morgan fingerprint density at radius 3 is 2.69 bits per heavy atom. The number of nitrogens with two attached hydrogens (primary N) is 1. The van der Waals surface area contributed by atoms with E-state index >= 15 is 0 Å². The van der Waals surface area contributed by atoms with Crippen molar-refractivity contribution in [1.29, 1.82) is 0 Å². The summed E-state index contributed by atoms with van der Waals surface area (Å²) in [4.78, 5) is 0. The van der Waals surface area contributed by atoms with Gasteiger partial charge in [-0.3, -0.25) is 0 Å². The average molecular weight is 182 g/mol. The Morgan fingerprint density at radius 2 is 2.15 bits per heavy atom. The Bertz CT molecular complexity index is 259. The van der Waals surface area contributed by atoms with E-state index in [4.69, 9.17) is 5.73 Å². The van der Waals surface area contributed by atoms with Gasteiger partial charge in [0.05, 0.1) is 5.69 Å². The third kappa shape index (κ3) is 2.70. The Hall–Kier alpha value is -1.09. The maximum Gasteiger partial charge on any atom is 0.146 e. The standard InChI is InChI=1S/C10H15FN2/c1-2-8(7-12)13-10-6-4-3-5-9(10)11/h3-6,8,13H,2,7,12H2,1H3. The van der Waals surface area contributed by atoms with E-state index in [0.717, 1.165) is 6.42 Å². The molecule has 0 aliphatic rings. The van der Waals surface area contributed by atoms with Crippen LogP contribution in [-0.2, 0) is 0 Å². The van der Waals surface area contributed by atoms with Crippen LogP contribution >= 0.6 is 0 Å². The summed E-state index contributed by atoms with van der Waals surface area (Å²) in [5, 5.41) is 3.05. The number of hydrogen-bond acceptors (Lipinski definition) is 2. The lowest BCUT2D eigenvalue weighted by Gasteiger charge is -2.16. The van der Waals surface area contributed by atoms with Crippen LogP contribution in [0.15, 0.2) is 24.3 Å². The van der Waals surface area contributed by atoms with Crippen molar-refractivity contribution in [2.24, 2.45) is 5.73 Å². The summed E-state index contributed by atoms with van der Waals surface area (Å²) in [5.74, 6) is -0.227. The van der Waals surface area contributed by atoms with Crippen molar-refractivity contribution in [3.63, 3.8) is 0 Å². The second-order valence-electron chi connectivity index (χ2n) is 2.97. The largest absolute Gasteiger partial charge is 0.379 e. The molecule has 0 aliphatic carbocycles. The molecule has 0 saturated heterocycles. The smallest absolute Gasteiger partial charge is 0.146 e. The van der Waals surface area contributed by atoms with Crippen LogP contribution in [0.2, 0.25) is 0 Å². The quantitative estimate of drug-likeness (QED) is 0.747. The molecule has 1 atom stereocenters. The molecule has 0 saturated carbocycles. The van der Waals surface area contributed by atoms with Gasteiger partial charge in [-0.1, -0.05) is 19.1 Å². The third-order valence-corrected chi connectivity index (χ3v) is 2.01. The molecule has 0 amide bonds. The summed E-state index contributed by atoms with van der Waals surface area (Å²) < 4.78 is 13.1. The number of hydrogen-bond donors (Lipinski definition) is 2. The Morgan fingerprint density at radius 1 is 1.46 bits per heavy atom. The summed E-state index contributed by atoms with van der Waals surface area (Å²) in [6.45, 7) is 2.54. The molecule has 0 heterocycles. The van der Waals surface area contributed by atoms with E-state index in [9.17, 15) is 4.39 Å². The first-order valence-electron chi connectivity index (χ1n) is 4.49. The van der Waals surface area contributed by atoms with Gasteiger partial charge in [0.2, 0.25) is 0 Å². The number of nitrogens with one attached hydrogen (secondary N) is 1. The summed E-state index contributed by atoms with van der Waals surface area (Å²) in [7, 11) is 0. The van der Waals surface area contributed by atoms with Crippen molar-refractivity contribution in [1.82, 2.24) is 0 Å². The van der Waals surface area contributed by atoms with Crippen LogP contribution in [-0.4, -0.2) is 12.6 Å². The molecule has 13 heavy (non-hydrogen) atoms. The second-order valence-corrected chi connectivity index (χ2v) is 2.97. The SMILES string of the molecule is CCC(CN)Nc1ccccc1F. The normalized spacial score (nSPS) is 12.5. The minimum atomic E-state index is -0.227. The minimum absolute atomic E-state index is 0.150. The van der Waals surface area contributed by atoms with Crippen molar-refractivity contribution < 1.29 is 4.39 Å². The molecule has 3 heteroatoms. The maximum absolute atomic E-state index is 13.1. The lowest BCUT2D eigenvalue weighted by Crippen LogP contribution is -2.28. The fourth-order valence-electron chi connectivity index (χ4n) is 1.13. The van der Waals surface area contributed by atoms with E-state index in [1.807, 2.05) is 6.92 Å². The van der Waals surface area contributed by atoms with Crippen LogP contribution in [0.1, 0.15) is 13.3 Å². The average Bonchev–Trinajstić information content (AvgIpc) is 2.17. The molecular weight excluding hydrogens is 167 g/mol. The molecule has 1 rings (SSSR count). The molecule has 0 aromatic heterocycles. The molecule has 72 valence electrons. The van der Waals surface area contributed by atoms with Crippen LogP contribution in [0, 0.1) is 5.82 Å². The van der Waals surface area contributed by atoms with E-state index in [1.54, 1.807) is 18.2 Å². The first-order chi connectivity index (χ1) is 6.27. The number of halogens is 1.